The van der Waals surface area contributed by atoms with E-state index in [1.165, 1.54) is 17.3 Å². The fraction of sp³-hybridized carbons (Fsp3) is 0.348. The molecule has 1 N–H and O–H groups in total. The molecule has 3 rings (SSSR count). The van der Waals surface area contributed by atoms with Crippen LogP contribution in [0.25, 0.3) is 0 Å². The van der Waals surface area contributed by atoms with Crippen LogP contribution in [0.1, 0.15) is 38.1 Å². The monoisotopic (exact) mass is 440 g/mol. The molecule has 0 spiro atoms. The van der Waals surface area contributed by atoms with E-state index in [1.54, 1.807) is 7.11 Å². The van der Waals surface area contributed by atoms with Crippen LogP contribution in [0.5, 0.6) is 11.5 Å². The Balaban J connectivity index is 1.54. The van der Waals surface area contributed by atoms with Crippen LogP contribution in [0, 0.1) is 0 Å². The van der Waals surface area contributed by atoms with Gasteiger partial charge in [0, 0.05) is 12.2 Å². The predicted octanol–water partition coefficient (Wildman–Crippen LogP) is 4.74. The molecule has 0 unspecified atom stereocenters. The largest absolute Gasteiger partial charge is 0.497 e. The number of hydrogen-bond acceptors (Lipinski definition) is 6. The number of nitrogens with zero attached hydrogens (tertiary/aromatic N) is 3. The summed E-state index contributed by atoms with van der Waals surface area (Å²) in [4.78, 5) is 12.3. The van der Waals surface area contributed by atoms with E-state index in [0.717, 1.165) is 17.2 Å². The molecule has 0 aliphatic carbocycles. The Kier molecular flexibility index (Phi) is 7.94. The summed E-state index contributed by atoms with van der Waals surface area (Å²) in [7, 11) is 1.63. The van der Waals surface area contributed by atoms with Crippen molar-refractivity contribution in [1.29, 1.82) is 0 Å². The smallest absolute Gasteiger partial charge is 0.234 e. The molecule has 0 atom stereocenters. The second-order valence-electron chi connectivity index (χ2n) is 7.22. The molecular formula is C23H28N4O3S. The lowest BCUT2D eigenvalue weighted by molar-refractivity contribution is -0.113. The fourth-order valence-electron chi connectivity index (χ4n) is 2.95. The number of hydrogen-bond donors (Lipinski definition) is 1. The molecule has 0 saturated heterocycles. The second kappa shape index (κ2) is 10.9. The van der Waals surface area contributed by atoms with Crippen molar-refractivity contribution >= 4 is 23.4 Å². The predicted molar refractivity (Wildman–Crippen MR) is 123 cm³/mol. The summed E-state index contributed by atoms with van der Waals surface area (Å²) in [6.07, 6.45) is 0. The summed E-state index contributed by atoms with van der Waals surface area (Å²) in [5.41, 5.74) is 2.04. The highest BCUT2D eigenvalue weighted by atomic mass is 32.2. The first-order valence-corrected chi connectivity index (χ1v) is 11.2. The average Bonchev–Trinajstić information content (AvgIpc) is 3.18. The molecule has 1 heterocycles. The number of carbonyl (C=O) groups is 1. The average molecular weight is 441 g/mol. The summed E-state index contributed by atoms with van der Waals surface area (Å²) in [5.74, 6) is 2.85. The highest BCUT2D eigenvalue weighted by Gasteiger charge is 2.14. The Bertz CT molecular complexity index is 985. The normalized spacial score (nSPS) is 10.9. The number of thioether (sulfide) groups is 1. The first-order chi connectivity index (χ1) is 15.0. The van der Waals surface area contributed by atoms with Crippen LogP contribution >= 0.6 is 11.8 Å². The first kappa shape index (κ1) is 22.7. The van der Waals surface area contributed by atoms with Crippen molar-refractivity contribution in [2.24, 2.45) is 0 Å². The van der Waals surface area contributed by atoms with E-state index in [9.17, 15) is 4.79 Å². The molecule has 2 aromatic carbocycles. The molecule has 8 heteroatoms. The zero-order valence-electron chi connectivity index (χ0n) is 18.3. The summed E-state index contributed by atoms with van der Waals surface area (Å²) < 4.78 is 12.9. The molecule has 7 nitrogen and oxygen atoms in total. The maximum atomic E-state index is 12.3. The van der Waals surface area contributed by atoms with E-state index in [2.05, 4.69) is 29.4 Å². The van der Waals surface area contributed by atoms with Gasteiger partial charge in [0.1, 0.15) is 18.1 Å². The van der Waals surface area contributed by atoms with E-state index < -0.39 is 0 Å². The Hall–Kier alpha value is -3.00. The highest BCUT2D eigenvalue weighted by molar-refractivity contribution is 7.99. The number of carbonyl (C=O) groups excluding carboxylic acids is 1. The molecule has 0 aliphatic rings. The zero-order valence-corrected chi connectivity index (χ0v) is 19.1. The maximum Gasteiger partial charge on any atom is 0.234 e. The Morgan fingerprint density at radius 3 is 2.35 bits per heavy atom. The highest BCUT2D eigenvalue weighted by Crippen LogP contribution is 2.21. The molecule has 1 aromatic heterocycles. The number of amides is 1. The van der Waals surface area contributed by atoms with Crippen LogP contribution in [0.4, 0.5) is 5.69 Å². The standard InChI is InChI=1S/C23H28N4O3S/c1-5-27-21(14-30-20-12-10-19(29-4)11-13-20)25-26-23(27)31-15-22(28)24-18-8-6-17(7-9-18)16(2)3/h6-13,16H,5,14-15H2,1-4H3,(H,24,28). The Labute approximate surface area is 187 Å². The zero-order chi connectivity index (χ0) is 22.2. The van der Waals surface area contributed by atoms with Crippen molar-refractivity contribution in [1.82, 2.24) is 14.8 Å². The topological polar surface area (TPSA) is 78.3 Å². The van der Waals surface area contributed by atoms with Gasteiger partial charge in [-0.25, -0.2) is 0 Å². The van der Waals surface area contributed by atoms with Crippen molar-refractivity contribution in [2.45, 2.75) is 45.0 Å². The van der Waals surface area contributed by atoms with Gasteiger partial charge in [0.15, 0.2) is 11.0 Å². The number of rotatable bonds is 10. The molecule has 1 amide bonds. The van der Waals surface area contributed by atoms with Gasteiger partial charge in [0.25, 0.3) is 0 Å². The lowest BCUT2D eigenvalue weighted by atomic mass is 10.0. The lowest BCUT2D eigenvalue weighted by Crippen LogP contribution is -2.15. The number of aromatic nitrogens is 3. The minimum atomic E-state index is -0.0796. The number of nitrogens with one attached hydrogen (secondary N) is 1. The molecule has 3 aromatic rings. The van der Waals surface area contributed by atoms with Gasteiger partial charge >= 0.3 is 0 Å². The van der Waals surface area contributed by atoms with E-state index in [0.29, 0.717) is 30.1 Å². The molecule has 0 radical (unpaired) electrons. The molecule has 31 heavy (non-hydrogen) atoms. The van der Waals surface area contributed by atoms with Crippen molar-refractivity contribution in [3.8, 4) is 11.5 Å². The maximum absolute atomic E-state index is 12.3. The van der Waals surface area contributed by atoms with Crippen LogP contribution in [0.2, 0.25) is 0 Å². The summed E-state index contributed by atoms with van der Waals surface area (Å²) in [6, 6.07) is 15.3. The Morgan fingerprint density at radius 2 is 1.74 bits per heavy atom. The van der Waals surface area contributed by atoms with E-state index in [4.69, 9.17) is 9.47 Å². The Morgan fingerprint density at radius 1 is 1.06 bits per heavy atom. The third-order valence-electron chi connectivity index (χ3n) is 4.73. The minimum Gasteiger partial charge on any atom is -0.497 e. The quantitative estimate of drug-likeness (QED) is 0.459. The van der Waals surface area contributed by atoms with Gasteiger partial charge in [-0.1, -0.05) is 37.7 Å². The van der Waals surface area contributed by atoms with Crippen molar-refractivity contribution < 1.29 is 14.3 Å². The van der Waals surface area contributed by atoms with E-state index in [1.807, 2.05) is 60.0 Å². The second-order valence-corrected chi connectivity index (χ2v) is 8.16. The third-order valence-corrected chi connectivity index (χ3v) is 5.70. The lowest BCUT2D eigenvalue weighted by Gasteiger charge is -2.10. The molecule has 0 bridgehead atoms. The minimum absolute atomic E-state index is 0.0796. The van der Waals surface area contributed by atoms with E-state index in [-0.39, 0.29) is 11.7 Å². The fourth-order valence-corrected chi connectivity index (χ4v) is 3.77. The van der Waals surface area contributed by atoms with Crippen LogP contribution in [0.15, 0.2) is 53.7 Å². The van der Waals surface area contributed by atoms with Crippen LogP contribution < -0.4 is 14.8 Å². The van der Waals surface area contributed by atoms with Gasteiger partial charge in [0.05, 0.1) is 12.9 Å². The molecular weight excluding hydrogens is 412 g/mol. The first-order valence-electron chi connectivity index (χ1n) is 10.2. The van der Waals surface area contributed by atoms with Gasteiger partial charge in [-0.3, -0.25) is 4.79 Å². The number of anilines is 1. The number of methoxy groups -OCH3 is 1. The van der Waals surface area contributed by atoms with Crippen molar-refractivity contribution in [3.63, 3.8) is 0 Å². The van der Waals surface area contributed by atoms with Crippen LogP contribution in [-0.2, 0) is 17.9 Å². The van der Waals surface area contributed by atoms with Crippen molar-refractivity contribution in [3.05, 3.63) is 59.9 Å². The van der Waals surface area contributed by atoms with Gasteiger partial charge in [0.2, 0.25) is 5.91 Å². The van der Waals surface area contributed by atoms with Crippen LogP contribution in [-0.4, -0.2) is 33.5 Å². The molecule has 0 saturated carbocycles. The van der Waals surface area contributed by atoms with E-state index >= 15 is 0 Å². The molecule has 164 valence electrons. The number of benzene rings is 2. The summed E-state index contributed by atoms with van der Waals surface area (Å²) in [6.45, 7) is 7.28. The van der Waals surface area contributed by atoms with Crippen molar-refractivity contribution in [2.75, 3.05) is 18.2 Å². The van der Waals surface area contributed by atoms with Gasteiger partial charge in [-0.05, 0) is 54.8 Å². The molecule has 0 fully saturated rings. The summed E-state index contributed by atoms with van der Waals surface area (Å²) in [5, 5.41) is 12.1. The summed E-state index contributed by atoms with van der Waals surface area (Å²) >= 11 is 1.36. The van der Waals surface area contributed by atoms with Gasteiger partial charge < -0.3 is 19.4 Å². The van der Waals surface area contributed by atoms with Crippen LogP contribution in [0.3, 0.4) is 0 Å². The third kappa shape index (κ3) is 6.24. The van der Waals surface area contributed by atoms with Gasteiger partial charge in [-0.15, -0.1) is 10.2 Å². The SMILES string of the molecule is CCn1c(COc2ccc(OC)cc2)nnc1SCC(=O)Nc1ccc(C(C)C)cc1. The molecule has 0 aliphatic heterocycles. The van der Waals surface area contributed by atoms with Gasteiger partial charge in [-0.2, -0.15) is 0 Å². The number of ether oxygens (including phenoxy) is 2.